The smallest absolute Gasteiger partial charge is 0.304 e. The zero-order valence-corrected chi connectivity index (χ0v) is 10.1. The summed E-state index contributed by atoms with van der Waals surface area (Å²) in [5.74, 6) is -1.43. The van der Waals surface area contributed by atoms with E-state index in [1.54, 1.807) is 6.07 Å². The number of ether oxygens (including phenoxy) is 1. The summed E-state index contributed by atoms with van der Waals surface area (Å²) in [6.07, 6.45) is 1.51. The van der Waals surface area contributed by atoms with Crippen molar-refractivity contribution in [2.24, 2.45) is 0 Å². The lowest BCUT2D eigenvalue weighted by Crippen LogP contribution is -2.13. The van der Waals surface area contributed by atoms with Gasteiger partial charge < -0.3 is 9.84 Å². The molecule has 1 aliphatic rings. The first-order valence-electron chi connectivity index (χ1n) is 5.24. The van der Waals surface area contributed by atoms with Gasteiger partial charge in [0.1, 0.15) is 0 Å². The Morgan fingerprint density at radius 2 is 2.24 bits per heavy atom. The van der Waals surface area contributed by atoms with Crippen LogP contribution in [0, 0.1) is 5.82 Å². The Bertz CT molecular complexity index is 446. The van der Waals surface area contributed by atoms with Crippen molar-refractivity contribution in [2.45, 2.75) is 24.7 Å². The minimum atomic E-state index is -0.880. The first kappa shape index (κ1) is 12.2. The summed E-state index contributed by atoms with van der Waals surface area (Å²) in [5.41, 5.74) is 0.200. The number of hydrogen-bond acceptors (Lipinski definition) is 2. The summed E-state index contributed by atoms with van der Waals surface area (Å²) in [6, 6.07) is 2.92. The molecule has 0 bridgehead atoms. The highest BCUT2D eigenvalue weighted by Crippen LogP contribution is 2.52. The Morgan fingerprint density at radius 1 is 1.59 bits per heavy atom. The zero-order chi connectivity index (χ0) is 12.6. The van der Waals surface area contributed by atoms with Crippen LogP contribution in [0.1, 0.15) is 24.8 Å². The molecule has 1 aliphatic carbocycles. The number of halogens is 2. The van der Waals surface area contributed by atoms with E-state index in [-0.39, 0.29) is 17.2 Å². The van der Waals surface area contributed by atoms with Gasteiger partial charge in [0.15, 0.2) is 11.6 Å². The lowest BCUT2D eigenvalue weighted by atomic mass is 9.92. The standard InChI is InChI=1S/C12H12ClFO3/c1-17-11-8(13)4-7(5-9(11)14)12(2-3-12)6-10(15)16/h4-5H,2-3,6H2,1H3,(H,15,16). The maximum absolute atomic E-state index is 13.6. The molecule has 0 aromatic heterocycles. The number of carboxylic acids is 1. The molecule has 0 amide bonds. The molecule has 1 aromatic rings. The number of hydrogen-bond donors (Lipinski definition) is 1. The third-order valence-corrected chi connectivity index (χ3v) is 3.44. The largest absolute Gasteiger partial charge is 0.492 e. The molecular formula is C12H12ClFO3. The van der Waals surface area contributed by atoms with Crippen LogP contribution in [0.15, 0.2) is 12.1 Å². The first-order valence-corrected chi connectivity index (χ1v) is 5.61. The van der Waals surface area contributed by atoms with Crippen LogP contribution in [0.2, 0.25) is 5.02 Å². The molecule has 5 heteroatoms. The maximum atomic E-state index is 13.6. The van der Waals surface area contributed by atoms with E-state index < -0.39 is 17.2 Å². The quantitative estimate of drug-likeness (QED) is 0.903. The molecule has 1 saturated carbocycles. The van der Waals surface area contributed by atoms with Crippen molar-refractivity contribution in [2.75, 3.05) is 7.11 Å². The van der Waals surface area contributed by atoms with Crippen LogP contribution in [0.5, 0.6) is 5.75 Å². The first-order chi connectivity index (χ1) is 7.98. The van der Waals surface area contributed by atoms with Crippen LogP contribution in [-0.2, 0) is 10.2 Å². The second kappa shape index (κ2) is 4.18. The molecule has 0 unspecified atom stereocenters. The molecule has 0 atom stereocenters. The monoisotopic (exact) mass is 258 g/mol. The number of carboxylic acid groups (broad SMARTS) is 1. The number of benzene rings is 1. The molecule has 0 heterocycles. The molecule has 1 fully saturated rings. The van der Waals surface area contributed by atoms with Crippen molar-refractivity contribution in [3.05, 3.63) is 28.5 Å². The summed E-state index contributed by atoms with van der Waals surface area (Å²) in [4.78, 5) is 10.8. The van der Waals surface area contributed by atoms with Gasteiger partial charge in [-0.15, -0.1) is 0 Å². The summed E-state index contributed by atoms with van der Waals surface area (Å²) in [6.45, 7) is 0. The van der Waals surface area contributed by atoms with Crippen LogP contribution < -0.4 is 4.74 Å². The highest BCUT2D eigenvalue weighted by atomic mass is 35.5. The van der Waals surface area contributed by atoms with E-state index in [1.807, 2.05) is 0 Å². The fraction of sp³-hybridized carbons (Fsp3) is 0.417. The Labute approximate surface area is 103 Å². The third-order valence-electron chi connectivity index (χ3n) is 3.16. The van der Waals surface area contributed by atoms with Crippen molar-refractivity contribution in [1.82, 2.24) is 0 Å². The van der Waals surface area contributed by atoms with Crippen LogP contribution in [0.25, 0.3) is 0 Å². The van der Waals surface area contributed by atoms with Gasteiger partial charge >= 0.3 is 5.97 Å². The predicted octanol–water partition coefficient (Wildman–Crippen LogP) is 2.99. The van der Waals surface area contributed by atoms with Crippen LogP contribution >= 0.6 is 11.6 Å². The van der Waals surface area contributed by atoms with Crippen molar-refractivity contribution < 1.29 is 19.0 Å². The summed E-state index contributed by atoms with van der Waals surface area (Å²) < 4.78 is 18.5. The van der Waals surface area contributed by atoms with Gasteiger partial charge in [-0.2, -0.15) is 0 Å². The topological polar surface area (TPSA) is 46.5 Å². The molecule has 0 radical (unpaired) electrons. The molecule has 1 aromatic carbocycles. The predicted molar refractivity (Wildman–Crippen MR) is 61.1 cm³/mol. The lowest BCUT2D eigenvalue weighted by Gasteiger charge is -2.15. The molecule has 0 aliphatic heterocycles. The molecular weight excluding hydrogens is 247 g/mol. The fourth-order valence-electron chi connectivity index (χ4n) is 2.07. The molecule has 1 N–H and O–H groups in total. The number of carbonyl (C=O) groups is 1. The van der Waals surface area contributed by atoms with Crippen molar-refractivity contribution in [3.63, 3.8) is 0 Å². The Hall–Kier alpha value is -1.29. The average molecular weight is 259 g/mol. The van der Waals surface area contributed by atoms with Gasteiger partial charge in [0.05, 0.1) is 18.6 Å². The van der Waals surface area contributed by atoms with Crippen molar-refractivity contribution in [1.29, 1.82) is 0 Å². The van der Waals surface area contributed by atoms with Gasteiger partial charge in [-0.05, 0) is 30.5 Å². The molecule has 0 spiro atoms. The lowest BCUT2D eigenvalue weighted by molar-refractivity contribution is -0.137. The minimum absolute atomic E-state index is 0.00143. The summed E-state index contributed by atoms with van der Waals surface area (Å²) >= 11 is 5.89. The fourth-order valence-corrected chi connectivity index (χ4v) is 2.35. The highest BCUT2D eigenvalue weighted by molar-refractivity contribution is 6.32. The van der Waals surface area contributed by atoms with Gasteiger partial charge in [0.25, 0.3) is 0 Å². The summed E-state index contributed by atoms with van der Waals surface area (Å²) in [5, 5.41) is 9.02. The van der Waals surface area contributed by atoms with E-state index in [2.05, 4.69) is 0 Å². The van der Waals surface area contributed by atoms with Gasteiger partial charge in [-0.3, -0.25) is 4.79 Å². The van der Waals surface area contributed by atoms with Crippen molar-refractivity contribution >= 4 is 17.6 Å². The van der Waals surface area contributed by atoms with E-state index in [1.165, 1.54) is 13.2 Å². The second-order valence-corrected chi connectivity index (χ2v) is 4.73. The Morgan fingerprint density at radius 3 is 2.65 bits per heavy atom. The normalized spacial score (nSPS) is 16.6. The number of aliphatic carboxylic acids is 1. The summed E-state index contributed by atoms with van der Waals surface area (Å²) in [7, 11) is 1.34. The third kappa shape index (κ3) is 2.22. The molecule has 3 nitrogen and oxygen atoms in total. The molecule has 17 heavy (non-hydrogen) atoms. The molecule has 92 valence electrons. The van der Waals surface area contributed by atoms with Crippen LogP contribution in [0.4, 0.5) is 4.39 Å². The number of methoxy groups -OCH3 is 1. The van der Waals surface area contributed by atoms with E-state index in [0.29, 0.717) is 5.56 Å². The van der Waals surface area contributed by atoms with Gasteiger partial charge in [-0.25, -0.2) is 4.39 Å². The van der Waals surface area contributed by atoms with Gasteiger partial charge in [0, 0.05) is 5.41 Å². The maximum Gasteiger partial charge on any atom is 0.304 e. The van der Waals surface area contributed by atoms with Crippen LogP contribution in [0.3, 0.4) is 0 Å². The van der Waals surface area contributed by atoms with E-state index in [9.17, 15) is 9.18 Å². The Balaban J connectivity index is 2.37. The number of rotatable bonds is 4. The van der Waals surface area contributed by atoms with E-state index in [4.69, 9.17) is 21.4 Å². The minimum Gasteiger partial charge on any atom is -0.492 e. The van der Waals surface area contributed by atoms with E-state index >= 15 is 0 Å². The van der Waals surface area contributed by atoms with Crippen molar-refractivity contribution in [3.8, 4) is 5.75 Å². The molecule has 2 rings (SSSR count). The second-order valence-electron chi connectivity index (χ2n) is 4.32. The average Bonchev–Trinajstić information content (AvgIpc) is 2.97. The van der Waals surface area contributed by atoms with Gasteiger partial charge in [-0.1, -0.05) is 11.6 Å². The zero-order valence-electron chi connectivity index (χ0n) is 9.30. The molecule has 0 saturated heterocycles. The van der Waals surface area contributed by atoms with Gasteiger partial charge in [0.2, 0.25) is 0 Å². The SMILES string of the molecule is COc1c(F)cc(C2(CC(=O)O)CC2)cc1Cl. The van der Waals surface area contributed by atoms with E-state index in [0.717, 1.165) is 12.8 Å². The Kier molecular flexibility index (Phi) is 3.00. The van der Waals surface area contributed by atoms with Crippen LogP contribution in [-0.4, -0.2) is 18.2 Å². The highest BCUT2D eigenvalue weighted by Gasteiger charge is 2.46.